The van der Waals surface area contributed by atoms with Gasteiger partial charge in [0, 0.05) is 31.7 Å². The van der Waals surface area contributed by atoms with Crippen molar-refractivity contribution < 1.29 is 9.53 Å². The molecule has 0 spiro atoms. The van der Waals surface area contributed by atoms with Crippen molar-refractivity contribution in [2.45, 2.75) is 26.1 Å². The Bertz CT molecular complexity index is 675. The van der Waals surface area contributed by atoms with Gasteiger partial charge in [-0.3, -0.25) is 9.69 Å². The molecule has 0 aromatic heterocycles. The maximum Gasteiger partial charge on any atom is 0.251 e. The van der Waals surface area contributed by atoms with Gasteiger partial charge in [-0.15, -0.1) is 0 Å². The highest BCUT2D eigenvalue weighted by atomic mass is 16.5. The molecule has 1 aliphatic rings. The second-order valence-electron chi connectivity index (χ2n) is 6.72. The van der Waals surface area contributed by atoms with Crippen LogP contribution < -0.4 is 5.32 Å². The summed E-state index contributed by atoms with van der Waals surface area (Å²) in [5, 5.41) is 3.01. The fourth-order valence-electron chi connectivity index (χ4n) is 3.34. The molecular weight excluding hydrogens is 312 g/mol. The van der Waals surface area contributed by atoms with Crippen molar-refractivity contribution in [3.63, 3.8) is 0 Å². The smallest absolute Gasteiger partial charge is 0.251 e. The van der Waals surface area contributed by atoms with Gasteiger partial charge in [-0.25, -0.2) is 0 Å². The molecule has 1 aliphatic heterocycles. The summed E-state index contributed by atoms with van der Waals surface area (Å²) in [6.45, 7) is 7.54. The van der Waals surface area contributed by atoms with Gasteiger partial charge in [0.2, 0.25) is 0 Å². The van der Waals surface area contributed by atoms with Gasteiger partial charge in [-0.2, -0.15) is 0 Å². The molecule has 4 heteroatoms. The maximum absolute atomic E-state index is 12.3. The molecule has 0 bridgehead atoms. The van der Waals surface area contributed by atoms with Gasteiger partial charge in [0.25, 0.3) is 5.91 Å². The second-order valence-corrected chi connectivity index (χ2v) is 6.72. The molecule has 25 heavy (non-hydrogen) atoms. The molecule has 1 saturated heterocycles. The normalized spacial score (nSPS) is 21.0. The predicted octanol–water partition coefficient (Wildman–Crippen LogP) is 3.19. The number of hydrogen-bond donors (Lipinski definition) is 1. The predicted molar refractivity (Wildman–Crippen MR) is 101 cm³/mol. The first-order valence-corrected chi connectivity index (χ1v) is 8.93. The maximum atomic E-state index is 12.3. The van der Waals surface area contributed by atoms with E-state index in [1.165, 1.54) is 0 Å². The lowest BCUT2D eigenvalue weighted by atomic mass is 10.0. The quantitative estimate of drug-likeness (QED) is 0.910. The molecule has 0 aliphatic carbocycles. The van der Waals surface area contributed by atoms with Crippen LogP contribution in [0.2, 0.25) is 0 Å². The third-order valence-corrected chi connectivity index (χ3v) is 4.46. The Hall–Kier alpha value is -2.17. The van der Waals surface area contributed by atoms with Gasteiger partial charge in [-0.1, -0.05) is 42.5 Å². The highest BCUT2D eigenvalue weighted by Gasteiger charge is 2.21. The Balaban J connectivity index is 1.50. The summed E-state index contributed by atoms with van der Waals surface area (Å²) in [6, 6.07) is 17.9. The van der Waals surface area contributed by atoms with Crippen molar-refractivity contribution in [1.82, 2.24) is 10.2 Å². The number of hydrogen-bond acceptors (Lipinski definition) is 3. The summed E-state index contributed by atoms with van der Waals surface area (Å²) in [7, 11) is 0. The Kier molecular flexibility index (Phi) is 5.84. The zero-order valence-electron chi connectivity index (χ0n) is 14.9. The lowest BCUT2D eigenvalue weighted by Gasteiger charge is -2.35. The Morgan fingerprint density at radius 1 is 1.00 bits per heavy atom. The Labute approximate surface area is 149 Å². The van der Waals surface area contributed by atoms with Crippen molar-refractivity contribution >= 4 is 5.91 Å². The molecule has 0 saturated carbocycles. The molecule has 1 amide bonds. The minimum Gasteiger partial charge on any atom is -0.373 e. The van der Waals surface area contributed by atoms with Crippen LogP contribution in [0.3, 0.4) is 0 Å². The van der Waals surface area contributed by atoms with E-state index in [4.69, 9.17) is 4.74 Å². The van der Waals surface area contributed by atoms with E-state index in [1.54, 1.807) is 0 Å². The van der Waals surface area contributed by atoms with Crippen LogP contribution in [-0.4, -0.2) is 49.2 Å². The minimum atomic E-state index is -0.0195. The lowest BCUT2D eigenvalue weighted by molar-refractivity contribution is -0.0672. The van der Waals surface area contributed by atoms with Crippen LogP contribution in [0.15, 0.2) is 54.6 Å². The lowest BCUT2D eigenvalue weighted by Crippen LogP contribution is -2.47. The molecule has 2 atom stereocenters. The van der Waals surface area contributed by atoms with Crippen molar-refractivity contribution in [2.75, 3.05) is 26.2 Å². The number of nitrogens with zero attached hydrogens (tertiary/aromatic N) is 1. The number of carbonyl (C=O) groups excluding carboxylic acids is 1. The van der Waals surface area contributed by atoms with E-state index >= 15 is 0 Å². The summed E-state index contributed by atoms with van der Waals surface area (Å²) in [6.07, 6.45) is 0.509. The third-order valence-electron chi connectivity index (χ3n) is 4.46. The first kappa shape index (κ1) is 17.6. The summed E-state index contributed by atoms with van der Waals surface area (Å²) in [4.78, 5) is 14.7. The van der Waals surface area contributed by atoms with Gasteiger partial charge in [0.05, 0.1) is 12.2 Å². The van der Waals surface area contributed by atoms with Crippen LogP contribution in [0.25, 0.3) is 11.1 Å². The first-order valence-electron chi connectivity index (χ1n) is 8.93. The van der Waals surface area contributed by atoms with Crippen LogP contribution in [0.1, 0.15) is 24.2 Å². The van der Waals surface area contributed by atoms with Crippen molar-refractivity contribution in [2.24, 2.45) is 0 Å². The zero-order valence-corrected chi connectivity index (χ0v) is 14.9. The molecule has 2 aromatic rings. The van der Waals surface area contributed by atoms with Gasteiger partial charge < -0.3 is 10.1 Å². The largest absolute Gasteiger partial charge is 0.373 e. The number of ether oxygens (including phenoxy) is 1. The van der Waals surface area contributed by atoms with Crippen molar-refractivity contribution in [1.29, 1.82) is 0 Å². The average molecular weight is 338 g/mol. The fraction of sp³-hybridized carbons (Fsp3) is 0.381. The third kappa shape index (κ3) is 4.91. The Morgan fingerprint density at radius 2 is 1.60 bits per heavy atom. The van der Waals surface area contributed by atoms with Crippen molar-refractivity contribution in [3.05, 3.63) is 60.2 Å². The molecule has 1 fully saturated rings. The highest BCUT2D eigenvalue weighted by molar-refractivity contribution is 5.94. The molecule has 1 N–H and O–H groups in total. The topological polar surface area (TPSA) is 41.6 Å². The van der Waals surface area contributed by atoms with Crippen molar-refractivity contribution in [3.8, 4) is 11.1 Å². The van der Waals surface area contributed by atoms with Crippen LogP contribution in [-0.2, 0) is 4.74 Å². The van der Waals surface area contributed by atoms with E-state index in [2.05, 4.69) is 36.2 Å². The number of benzene rings is 2. The molecule has 1 heterocycles. The standard InChI is InChI=1S/C21H26N2O2/c1-16-14-23(15-17(2)25-16)13-12-22-21(24)20-10-8-19(9-11-20)18-6-4-3-5-7-18/h3-11,16-17H,12-15H2,1-2H3,(H,22,24)/t16-,17-/m0/s1. The van der Waals surface area contributed by atoms with Gasteiger partial charge in [0.1, 0.15) is 0 Å². The molecule has 0 radical (unpaired) electrons. The van der Waals surface area contributed by atoms with E-state index in [0.29, 0.717) is 12.1 Å². The number of rotatable bonds is 5. The summed E-state index contributed by atoms with van der Waals surface area (Å²) in [5.74, 6) is -0.0195. The summed E-state index contributed by atoms with van der Waals surface area (Å²) >= 11 is 0. The number of nitrogens with one attached hydrogen (secondary N) is 1. The Morgan fingerprint density at radius 3 is 2.24 bits per heavy atom. The SMILES string of the molecule is C[C@H]1CN(CCNC(=O)c2ccc(-c3ccccc3)cc2)C[C@H](C)O1. The van der Waals surface area contributed by atoms with E-state index in [9.17, 15) is 4.79 Å². The molecule has 132 valence electrons. The van der Waals surface area contributed by atoms with Crippen LogP contribution >= 0.6 is 0 Å². The molecular formula is C21H26N2O2. The van der Waals surface area contributed by atoms with E-state index in [1.807, 2.05) is 42.5 Å². The molecule has 0 unspecified atom stereocenters. The number of amides is 1. The van der Waals surface area contributed by atoms with Crippen LogP contribution in [0, 0.1) is 0 Å². The fourth-order valence-corrected chi connectivity index (χ4v) is 3.34. The van der Waals surface area contributed by atoms with E-state index in [0.717, 1.165) is 30.8 Å². The second kappa shape index (κ2) is 8.28. The summed E-state index contributed by atoms with van der Waals surface area (Å²) in [5.41, 5.74) is 2.97. The number of morpholine rings is 1. The number of carbonyl (C=O) groups is 1. The van der Waals surface area contributed by atoms with Crippen LogP contribution in [0.4, 0.5) is 0 Å². The first-order chi connectivity index (χ1) is 12.1. The zero-order chi connectivity index (χ0) is 17.6. The van der Waals surface area contributed by atoms with Gasteiger partial charge in [0.15, 0.2) is 0 Å². The molecule has 4 nitrogen and oxygen atoms in total. The monoisotopic (exact) mass is 338 g/mol. The summed E-state index contributed by atoms with van der Waals surface area (Å²) < 4.78 is 5.73. The van der Waals surface area contributed by atoms with E-state index in [-0.39, 0.29) is 18.1 Å². The molecule has 2 aromatic carbocycles. The van der Waals surface area contributed by atoms with Gasteiger partial charge >= 0.3 is 0 Å². The minimum absolute atomic E-state index is 0.0195. The highest BCUT2D eigenvalue weighted by Crippen LogP contribution is 2.19. The van der Waals surface area contributed by atoms with E-state index < -0.39 is 0 Å². The average Bonchev–Trinajstić information content (AvgIpc) is 2.62. The van der Waals surface area contributed by atoms with Crippen LogP contribution in [0.5, 0.6) is 0 Å². The van der Waals surface area contributed by atoms with Gasteiger partial charge in [-0.05, 0) is 37.1 Å². The molecule has 3 rings (SSSR count).